The molecule has 0 radical (unpaired) electrons. The average molecular weight is 401 g/mol. The van der Waals surface area contributed by atoms with Crippen molar-refractivity contribution in [2.75, 3.05) is 6.61 Å². The van der Waals surface area contributed by atoms with Crippen molar-refractivity contribution in [1.82, 2.24) is 5.32 Å². The molecule has 2 aromatic rings. The lowest BCUT2D eigenvalue weighted by Crippen LogP contribution is -2.65. The number of aliphatic hydroxyl groups is 1. The summed E-state index contributed by atoms with van der Waals surface area (Å²) in [6, 6.07) is 18.7. The van der Waals surface area contributed by atoms with Crippen molar-refractivity contribution >= 4 is 17.7 Å². The molecule has 2 N–H and O–H groups in total. The molecular weight excluding hydrogens is 378 g/mol. The van der Waals surface area contributed by atoms with Gasteiger partial charge in [-0.2, -0.15) is 0 Å². The largest absolute Gasteiger partial charge is 0.388 e. The Hall–Kier alpha value is -1.90. The lowest BCUT2D eigenvalue weighted by molar-refractivity contribution is -0.306. The highest BCUT2D eigenvalue weighted by Gasteiger charge is 2.49. The Morgan fingerprint density at radius 1 is 1.07 bits per heavy atom. The molecule has 0 bridgehead atoms. The molecule has 4 rings (SSSR count). The first-order chi connectivity index (χ1) is 13.6. The third-order valence-corrected chi connectivity index (χ3v) is 5.98. The smallest absolute Gasteiger partial charge is 0.217 e. The van der Waals surface area contributed by atoms with E-state index in [2.05, 4.69) is 5.32 Å². The summed E-state index contributed by atoms with van der Waals surface area (Å²) in [6.07, 6.45) is -2.50. The van der Waals surface area contributed by atoms with Gasteiger partial charge < -0.3 is 24.6 Å². The molecule has 7 heteroatoms. The van der Waals surface area contributed by atoms with E-state index < -0.39 is 36.1 Å². The fraction of sp³-hybridized carbons (Fsp3) is 0.381. The van der Waals surface area contributed by atoms with Crippen molar-refractivity contribution < 1.29 is 24.1 Å². The average Bonchev–Trinajstić information content (AvgIpc) is 2.72. The van der Waals surface area contributed by atoms with E-state index in [9.17, 15) is 9.90 Å². The van der Waals surface area contributed by atoms with Crippen LogP contribution in [0.4, 0.5) is 0 Å². The Bertz CT molecular complexity index is 790. The first kappa shape index (κ1) is 19.4. The van der Waals surface area contributed by atoms with Gasteiger partial charge in [-0.05, 0) is 12.1 Å². The first-order valence-electron chi connectivity index (χ1n) is 9.26. The number of carbonyl (C=O) groups excluding carboxylic acids is 1. The highest BCUT2D eigenvalue weighted by atomic mass is 32.2. The number of benzene rings is 2. The minimum absolute atomic E-state index is 0.226. The third kappa shape index (κ3) is 4.24. The van der Waals surface area contributed by atoms with Gasteiger partial charge in [0.05, 0.1) is 12.6 Å². The van der Waals surface area contributed by atoms with Crippen molar-refractivity contribution in [2.45, 2.75) is 47.9 Å². The SMILES string of the molecule is CC(=O)N[C@@H]1[C@@H](O)[C@@H]2OC(c3ccccc3)OC[C@H]2O[C@H]1Sc1ccccc1. The summed E-state index contributed by atoms with van der Waals surface area (Å²) >= 11 is 1.46. The lowest BCUT2D eigenvalue weighted by Gasteiger charge is -2.47. The summed E-state index contributed by atoms with van der Waals surface area (Å²) in [7, 11) is 0. The Kier molecular flexibility index (Phi) is 5.99. The maximum atomic E-state index is 11.7. The molecule has 2 fully saturated rings. The zero-order chi connectivity index (χ0) is 19.5. The molecule has 0 aliphatic carbocycles. The van der Waals surface area contributed by atoms with Gasteiger partial charge in [-0.1, -0.05) is 60.3 Å². The highest BCUT2D eigenvalue weighted by Crippen LogP contribution is 2.38. The number of carbonyl (C=O) groups is 1. The van der Waals surface area contributed by atoms with Gasteiger partial charge in [-0.3, -0.25) is 4.79 Å². The van der Waals surface area contributed by atoms with Crippen molar-refractivity contribution in [3.8, 4) is 0 Å². The minimum atomic E-state index is -0.918. The molecule has 1 unspecified atom stereocenters. The topological polar surface area (TPSA) is 77.0 Å². The molecule has 2 saturated heterocycles. The monoisotopic (exact) mass is 401 g/mol. The highest BCUT2D eigenvalue weighted by molar-refractivity contribution is 7.99. The van der Waals surface area contributed by atoms with Gasteiger partial charge in [-0.25, -0.2) is 0 Å². The van der Waals surface area contributed by atoms with Crippen LogP contribution in [0.15, 0.2) is 65.6 Å². The van der Waals surface area contributed by atoms with Gasteiger partial charge in [0, 0.05) is 17.4 Å². The maximum Gasteiger partial charge on any atom is 0.217 e. The minimum Gasteiger partial charge on any atom is -0.388 e. The number of amides is 1. The summed E-state index contributed by atoms with van der Waals surface area (Å²) < 4.78 is 18.1. The molecule has 148 valence electrons. The predicted molar refractivity (Wildman–Crippen MR) is 105 cm³/mol. The molecule has 2 aromatic carbocycles. The standard InChI is InChI=1S/C21H23NO5S/c1-13(23)22-17-18(24)19-16(26-21(17)28-15-10-6-3-7-11-15)12-25-20(27-19)14-8-4-2-5-9-14/h2-11,16-21,24H,12H2,1H3,(H,22,23)/t16-,17-,18-,19-,20?,21+/m1/s1. The normalized spacial score (nSPS) is 32.4. The van der Waals surface area contributed by atoms with Crippen LogP contribution in [0.2, 0.25) is 0 Å². The fourth-order valence-corrected chi connectivity index (χ4v) is 4.65. The molecule has 6 nitrogen and oxygen atoms in total. The van der Waals surface area contributed by atoms with Crippen molar-refractivity contribution in [2.24, 2.45) is 0 Å². The van der Waals surface area contributed by atoms with Crippen LogP contribution >= 0.6 is 11.8 Å². The Morgan fingerprint density at radius 3 is 2.43 bits per heavy atom. The van der Waals surface area contributed by atoms with Gasteiger partial charge in [0.15, 0.2) is 6.29 Å². The quantitative estimate of drug-likeness (QED) is 0.820. The van der Waals surface area contributed by atoms with Gasteiger partial charge in [0.2, 0.25) is 5.91 Å². The molecule has 0 aromatic heterocycles. The van der Waals surface area contributed by atoms with Crippen LogP contribution in [0.5, 0.6) is 0 Å². The van der Waals surface area contributed by atoms with Crippen LogP contribution in [-0.2, 0) is 19.0 Å². The van der Waals surface area contributed by atoms with Gasteiger partial charge in [-0.15, -0.1) is 0 Å². The summed E-state index contributed by atoms with van der Waals surface area (Å²) in [5.41, 5.74) is 0.424. The Labute approximate surface area is 168 Å². The zero-order valence-electron chi connectivity index (χ0n) is 15.4. The molecule has 0 spiro atoms. The van der Waals surface area contributed by atoms with E-state index in [1.807, 2.05) is 60.7 Å². The predicted octanol–water partition coefficient (Wildman–Crippen LogP) is 2.48. The number of fused-ring (bicyclic) bond motifs is 1. The van der Waals surface area contributed by atoms with Gasteiger partial charge in [0.25, 0.3) is 0 Å². The van der Waals surface area contributed by atoms with Gasteiger partial charge >= 0.3 is 0 Å². The molecular formula is C21H23NO5S. The fourth-order valence-electron chi connectivity index (χ4n) is 3.49. The second-order valence-electron chi connectivity index (χ2n) is 6.87. The van der Waals surface area contributed by atoms with Crippen molar-refractivity contribution in [3.05, 3.63) is 66.2 Å². The van der Waals surface area contributed by atoms with Gasteiger partial charge in [0.1, 0.15) is 23.7 Å². The Balaban J connectivity index is 1.53. The second-order valence-corrected chi connectivity index (χ2v) is 8.04. The van der Waals surface area contributed by atoms with Crippen LogP contribution < -0.4 is 5.32 Å². The summed E-state index contributed by atoms with van der Waals surface area (Å²) in [5, 5.41) is 13.9. The molecule has 1 amide bonds. The molecule has 0 saturated carbocycles. The summed E-state index contributed by atoms with van der Waals surface area (Å²) in [4.78, 5) is 12.7. The van der Waals surface area contributed by atoms with Crippen LogP contribution in [-0.4, -0.2) is 47.4 Å². The van der Waals surface area contributed by atoms with Crippen molar-refractivity contribution in [3.63, 3.8) is 0 Å². The molecule has 2 aliphatic rings. The summed E-state index contributed by atoms with van der Waals surface area (Å²) in [6.45, 7) is 1.74. The molecule has 28 heavy (non-hydrogen) atoms. The molecule has 2 heterocycles. The number of hydrogen-bond donors (Lipinski definition) is 2. The number of aliphatic hydroxyl groups excluding tert-OH is 1. The van der Waals surface area contributed by atoms with E-state index in [4.69, 9.17) is 14.2 Å². The number of ether oxygens (including phenoxy) is 3. The van der Waals surface area contributed by atoms with E-state index >= 15 is 0 Å². The van der Waals surface area contributed by atoms with Crippen LogP contribution in [0.3, 0.4) is 0 Å². The van der Waals surface area contributed by atoms with Crippen LogP contribution in [0.25, 0.3) is 0 Å². The van der Waals surface area contributed by atoms with Crippen LogP contribution in [0.1, 0.15) is 18.8 Å². The molecule has 2 aliphatic heterocycles. The molecule has 6 atom stereocenters. The van der Waals surface area contributed by atoms with E-state index in [1.54, 1.807) is 0 Å². The second kappa shape index (κ2) is 8.63. The Morgan fingerprint density at radius 2 is 1.75 bits per heavy atom. The first-order valence-corrected chi connectivity index (χ1v) is 10.1. The number of hydrogen-bond acceptors (Lipinski definition) is 6. The number of rotatable bonds is 4. The summed E-state index contributed by atoms with van der Waals surface area (Å²) in [5.74, 6) is -0.226. The van der Waals surface area contributed by atoms with E-state index in [0.29, 0.717) is 6.61 Å². The third-order valence-electron chi connectivity index (χ3n) is 4.80. The van der Waals surface area contributed by atoms with E-state index in [0.717, 1.165) is 10.5 Å². The lowest BCUT2D eigenvalue weighted by atomic mass is 9.96. The van der Waals surface area contributed by atoms with Crippen molar-refractivity contribution in [1.29, 1.82) is 0 Å². The van der Waals surface area contributed by atoms with Crippen LogP contribution in [0, 0.1) is 0 Å². The van der Waals surface area contributed by atoms with E-state index in [1.165, 1.54) is 18.7 Å². The van der Waals surface area contributed by atoms with E-state index in [-0.39, 0.29) is 5.91 Å². The zero-order valence-corrected chi connectivity index (χ0v) is 16.2. The number of thioether (sulfide) groups is 1. The number of nitrogens with one attached hydrogen (secondary N) is 1. The maximum absolute atomic E-state index is 11.7.